The second kappa shape index (κ2) is 8.19. The highest BCUT2D eigenvalue weighted by Crippen LogP contribution is 2.65. The number of carbonyl (C=O) groups excluding carboxylic acids is 1. The Morgan fingerprint density at radius 3 is 2.87 bits per heavy atom. The van der Waals surface area contributed by atoms with Gasteiger partial charge in [0.05, 0.1) is 23.3 Å². The van der Waals surface area contributed by atoms with Gasteiger partial charge in [-0.2, -0.15) is 0 Å². The van der Waals surface area contributed by atoms with Crippen LogP contribution in [-0.4, -0.2) is 45.2 Å². The van der Waals surface area contributed by atoms with E-state index in [0.29, 0.717) is 11.2 Å². The van der Waals surface area contributed by atoms with Crippen LogP contribution in [0.25, 0.3) is 10.7 Å². The molecule has 2 aliphatic carbocycles. The van der Waals surface area contributed by atoms with Crippen LogP contribution in [0.4, 0.5) is 0 Å². The number of nitrogens with zero attached hydrogens (tertiary/aromatic N) is 3. The van der Waals surface area contributed by atoms with Gasteiger partial charge in [0, 0.05) is 12.6 Å². The molecule has 31 heavy (non-hydrogen) atoms. The second-order valence-electron chi connectivity index (χ2n) is 10.0. The Balaban J connectivity index is 1.26. The van der Waals surface area contributed by atoms with Crippen LogP contribution in [0.2, 0.25) is 0 Å². The summed E-state index contributed by atoms with van der Waals surface area (Å²) in [6.45, 7) is 8.68. The fourth-order valence-corrected chi connectivity index (χ4v) is 7.40. The molecule has 8 heteroatoms. The Labute approximate surface area is 192 Å². The number of fused-ring (bicyclic) bond motifs is 2. The molecule has 0 unspecified atom stereocenters. The molecule has 1 aliphatic heterocycles. The number of hydrogen-bond acceptors (Lipinski definition) is 6. The van der Waals surface area contributed by atoms with Gasteiger partial charge in [-0.15, -0.1) is 21.5 Å². The van der Waals surface area contributed by atoms with Gasteiger partial charge in [-0.3, -0.25) is 9.36 Å². The number of nitrogens with one attached hydrogen (secondary N) is 1. The number of thioether (sulfide) groups is 1. The molecule has 5 rings (SSSR count). The lowest BCUT2D eigenvalue weighted by Crippen LogP contribution is -2.47. The van der Waals surface area contributed by atoms with E-state index in [-0.39, 0.29) is 23.5 Å². The van der Waals surface area contributed by atoms with E-state index in [1.165, 1.54) is 24.6 Å². The van der Waals surface area contributed by atoms with Crippen molar-refractivity contribution in [1.82, 2.24) is 20.1 Å². The Morgan fingerprint density at radius 2 is 2.23 bits per heavy atom. The van der Waals surface area contributed by atoms with E-state index in [9.17, 15) is 4.79 Å². The molecule has 6 nitrogen and oxygen atoms in total. The Kier molecular flexibility index (Phi) is 5.67. The molecule has 0 spiro atoms. The summed E-state index contributed by atoms with van der Waals surface area (Å²) < 4.78 is 8.01. The highest BCUT2D eigenvalue weighted by molar-refractivity contribution is 7.99. The first-order valence-electron chi connectivity index (χ1n) is 11.4. The lowest BCUT2D eigenvalue weighted by atomic mass is 9.69. The molecule has 2 aromatic heterocycles. The van der Waals surface area contributed by atoms with Crippen LogP contribution in [0.5, 0.6) is 0 Å². The van der Waals surface area contributed by atoms with Crippen molar-refractivity contribution < 1.29 is 9.53 Å². The first-order chi connectivity index (χ1) is 14.9. The number of aromatic nitrogens is 3. The van der Waals surface area contributed by atoms with Crippen molar-refractivity contribution in [2.24, 2.45) is 16.7 Å². The zero-order valence-electron chi connectivity index (χ0n) is 18.6. The van der Waals surface area contributed by atoms with Crippen molar-refractivity contribution >= 4 is 29.0 Å². The van der Waals surface area contributed by atoms with Crippen LogP contribution in [0.3, 0.4) is 0 Å². The number of thiophene rings is 1. The molecule has 3 fully saturated rings. The Morgan fingerprint density at radius 1 is 1.35 bits per heavy atom. The zero-order valence-corrected chi connectivity index (χ0v) is 20.2. The standard InChI is InChI=1S/C23H32N4O2S2/c1-22(2)15-8-9-23(22,3)18(12-15)24-19(28)14-31-21-26-25-20(17-7-5-11-30-17)27(21)13-16-6-4-10-29-16/h5,7,11,15-16,18H,4,6,8-10,12-14H2,1-3H3,(H,24,28)/t15-,16-,18-,23-/m0/s1. The molecule has 1 amide bonds. The van der Waals surface area contributed by atoms with Crippen molar-refractivity contribution in [2.45, 2.75) is 76.7 Å². The van der Waals surface area contributed by atoms with Crippen LogP contribution < -0.4 is 5.32 Å². The number of rotatable bonds is 7. The smallest absolute Gasteiger partial charge is 0.230 e. The minimum absolute atomic E-state index is 0.101. The summed E-state index contributed by atoms with van der Waals surface area (Å²) in [5.41, 5.74) is 0.499. The van der Waals surface area contributed by atoms with Crippen LogP contribution in [0.15, 0.2) is 22.7 Å². The average Bonchev–Trinajstić information content (AvgIpc) is 3.54. The van der Waals surface area contributed by atoms with Crippen molar-refractivity contribution in [3.8, 4) is 10.7 Å². The van der Waals surface area contributed by atoms with Gasteiger partial charge in [0.2, 0.25) is 5.91 Å². The maximum absolute atomic E-state index is 12.9. The fraction of sp³-hybridized carbons (Fsp3) is 0.696. The molecule has 0 aromatic carbocycles. The van der Waals surface area contributed by atoms with Crippen LogP contribution >= 0.6 is 23.1 Å². The van der Waals surface area contributed by atoms with E-state index < -0.39 is 0 Å². The monoisotopic (exact) mass is 460 g/mol. The molecular weight excluding hydrogens is 428 g/mol. The summed E-state index contributed by atoms with van der Waals surface area (Å²) in [7, 11) is 0. The summed E-state index contributed by atoms with van der Waals surface area (Å²) in [6.07, 6.45) is 5.97. The van der Waals surface area contributed by atoms with E-state index >= 15 is 0 Å². The van der Waals surface area contributed by atoms with Gasteiger partial charge >= 0.3 is 0 Å². The zero-order chi connectivity index (χ0) is 21.6. The van der Waals surface area contributed by atoms with E-state index in [4.69, 9.17) is 4.74 Å². The molecule has 3 heterocycles. The third-order valence-corrected chi connectivity index (χ3v) is 10.2. The third kappa shape index (κ3) is 3.74. The molecule has 2 bridgehead atoms. The predicted octanol–water partition coefficient (Wildman–Crippen LogP) is 4.61. The molecule has 1 N–H and O–H groups in total. The van der Waals surface area contributed by atoms with Gasteiger partial charge in [-0.05, 0) is 60.3 Å². The van der Waals surface area contributed by atoms with Gasteiger partial charge in [0.15, 0.2) is 11.0 Å². The van der Waals surface area contributed by atoms with Gasteiger partial charge in [0.1, 0.15) is 0 Å². The predicted molar refractivity (Wildman–Crippen MR) is 124 cm³/mol. The normalized spacial score (nSPS) is 31.4. The molecule has 0 radical (unpaired) electrons. The number of carbonyl (C=O) groups is 1. The summed E-state index contributed by atoms with van der Waals surface area (Å²) in [4.78, 5) is 14.0. The fourth-order valence-electron chi connectivity index (χ4n) is 5.93. The summed E-state index contributed by atoms with van der Waals surface area (Å²) in [5, 5.41) is 15.1. The van der Waals surface area contributed by atoms with Crippen LogP contribution in [0.1, 0.15) is 52.9 Å². The quantitative estimate of drug-likeness (QED) is 0.611. The van der Waals surface area contributed by atoms with Gasteiger partial charge in [-0.25, -0.2) is 0 Å². The average molecular weight is 461 g/mol. The summed E-state index contributed by atoms with van der Waals surface area (Å²) in [5.74, 6) is 2.06. The summed E-state index contributed by atoms with van der Waals surface area (Å²) >= 11 is 3.15. The lowest BCUT2D eigenvalue weighted by molar-refractivity contribution is -0.120. The third-order valence-electron chi connectivity index (χ3n) is 8.33. The number of hydrogen-bond donors (Lipinski definition) is 1. The number of ether oxygens (including phenoxy) is 1. The maximum atomic E-state index is 12.9. The molecular formula is C23H32N4O2S2. The van der Waals surface area contributed by atoms with Crippen molar-refractivity contribution in [3.05, 3.63) is 17.5 Å². The molecule has 2 aromatic rings. The second-order valence-corrected chi connectivity index (χ2v) is 11.9. The molecule has 1 saturated heterocycles. The van der Waals surface area contributed by atoms with E-state index in [1.54, 1.807) is 11.3 Å². The molecule has 4 atom stereocenters. The Bertz CT molecular complexity index is 936. The van der Waals surface area contributed by atoms with Crippen LogP contribution in [-0.2, 0) is 16.1 Å². The van der Waals surface area contributed by atoms with Crippen LogP contribution in [0, 0.1) is 16.7 Å². The largest absolute Gasteiger partial charge is 0.376 e. The van der Waals surface area contributed by atoms with Crippen molar-refractivity contribution in [2.75, 3.05) is 12.4 Å². The van der Waals surface area contributed by atoms with Crippen molar-refractivity contribution in [3.63, 3.8) is 0 Å². The van der Waals surface area contributed by atoms with Crippen molar-refractivity contribution in [1.29, 1.82) is 0 Å². The Hall–Kier alpha value is -1.38. The highest BCUT2D eigenvalue weighted by atomic mass is 32.2. The SMILES string of the molecule is CC1(C)[C@H]2CC[C@@]1(C)[C@@H](NC(=O)CSc1nnc(-c3cccs3)n1C[C@@H]1CCCO1)C2. The van der Waals surface area contributed by atoms with E-state index in [0.717, 1.165) is 54.2 Å². The number of amides is 1. The lowest BCUT2D eigenvalue weighted by Gasteiger charge is -2.39. The van der Waals surface area contributed by atoms with Gasteiger partial charge in [-0.1, -0.05) is 38.6 Å². The summed E-state index contributed by atoms with van der Waals surface area (Å²) in [6, 6.07) is 4.38. The van der Waals surface area contributed by atoms with Gasteiger partial charge in [0.25, 0.3) is 0 Å². The molecule has 3 aliphatic rings. The minimum Gasteiger partial charge on any atom is -0.376 e. The topological polar surface area (TPSA) is 69.0 Å². The maximum Gasteiger partial charge on any atom is 0.230 e. The molecule has 2 saturated carbocycles. The first kappa shape index (κ1) is 21.5. The first-order valence-corrected chi connectivity index (χ1v) is 13.3. The van der Waals surface area contributed by atoms with Gasteiger partial charge < -0.3 is 10.1 Å². The highest BCUT2D eigenvalue weighted by Gasteiger charge is 2.61. The minimum atomic E-state index is 0.101. The van der Waals surface area contributed by atoms with E-state index in [1.807, 2.05) is 6.07 Å². The molecule has 168 valence electrons. The van der Waals surface area contributed by atoms with E-state index in [2.05, 4.69) is 52.3 Å².